The number of nitrogens with zero attached hydrogens (tertiary/aromatic N) is 2. The van der Waals surface area contributed by atoms with Gasteiger partial charge in [-0.1, -0.05) is 24.3 Å². The molecule has 0 bridgehead atoms. The molecule has 0 atom stereocenters. The van der Waals surface area contributed by atoms with Gasteiger partial charge in [0.05, 0.1) is 5.69 Å². The Hall–Kier alpha value is -1.85. The summed E-state index contributed by atoms with van der Waals surface area (Å²) < 4.78 is 0.912. The number of carbonyl (C=O) groups excluding carboxylic acids is 1. The zero-order valence-corrected chi connectivity index (χ0v) is 16.1. The molecule has 132 valence electrons. The molecule has 0 unspecified atom stereocenters. The minimum absolute atomic E-state index is 0.0630. The van der Waals surface area contributed by atoms with Gasteiger partial charge in [-0.3, -0.25) is 9.69 Å². The van der Waals surface area contributed by atoms with Crippen LogP contribution in [0.5, 0.6) is 0 Å². The number of aryl methyl sites for hydroxylation is 1. The van der Waals surface area contributed by atoms with E-state index in [0.29, 0.717) is 6.42 Å². The van der Waals surface area contributed by atoms with Gasteiger partial charge in [-0.2, -0.15) is 0 Å². The Kier molecular flexibility index (Phi) is 6.10. The average Bonchev–Trinajstić information content (AvgIpc) is 2.62. The standard InChI is InChI=1S/C20H24BrN3O/c1-16-5-4-6-17(15-16)24-13-11-23(12-14-24)10-9-20(25)22-19-8-3-2-7-18(19)21/h2-8,15H,9-14H2,1H3,(H,22,25). The zero-order chi connectivity index (χ0) is 17.6. The molecule has 1 aliphatic heterocycles. The van der Waals surface area contributed by atoms with E-state index in [0.717, 1.165) is 42.9 Å². The third kappa shape index (κ3) is 5.06. The first kappa shape index (κ1) is 18.0. The van der Waals surface area contributed by atoms with E-state index in [4.69, 9.17) is 0 Å². The first-order valence-electron chi connectivity index (χ1n) is 8.70. The molecule has 1 fully saturated rings. The van der Waals surface area contributed by atoms with Crippen LogP contribution in [0.2, 0.25) is 0 Å². The fourth-order valence-electron chi connectivity index (χ4n) is 3.09. The van der Waals surface area contributed by atoms with E-state index in [9.17, 15) is 4.79 Å². The molecule has 0 spiro atoms. The molecular formula is C20H24BrN3O. The molecule has 0 radical (unpaired) electrons. The molecule has 1 aliphatic rings. The van der Waals surface area contributed by atoms with E-state index in [-0.39, 0.29) is 5.91 Å². The van der Waals surface area contributed by atoms with Crippen molar-refractivity contribution < 1.29 is 4.79 Å². The second-order valence-electron chi connectivity index (χ2n) is 6.45. The van der Waals surface area contributed by atoms with Crippen LogP contribution in [0.15, 0.2) is 53.0 Å². The van der Waals surface area contributed by atoms with Crippen LogP contribution in [0, 0.1) is 6.92 Å². The maximum absolute atomic E-state index is 12.2. The molecule has 4 nitrogen and oxygen atoms in total. The number of benzene rings is 2. The lowest BCUT2D eigenvalue weighted by atomic mass is 10.2. The van der Waals surface area contributed by atoms with Crippen molar-refractivity contribution in [3.05, 3.63) is 58.6 Å². The van der Waals surface area contributed by atoms with Gasteiger partial charge in [0.1, 0.15) is 0 Å². The van der Waals surface area contributed by atoms with Gasteiger partial charge in [0.15, 0.2) is 0 Å². The number of anilines is 2. The van der Waals surface area contributed by atoms with E-state index < -0.39 is 0 Å². The van der Waals surface area contributed by atoms with Gasteiger partial charge < -0.3 is 10.2 Å². The summed E-state index contributed by atoms with van der Waals surface area (Å²) >= 11 is 3.46. The molecule has 0 saturated carbocycles. The highest BCUT2D eigenvalue weighted by atomic mass is 79.9. The fourth-order valence-corrected chi connectivity index (χ4v) is 3.47. The normalized spacial score (nSPS) is 15.2. The van der Waals surface area contributed by atoms with Gasteiger partial charge in [-0.05, 0) is 52.7 Å². The van der Waals surface area contributed by atoms with Crippen LogP contribution < -0.4 is 10.2 Å². The topological polar surface area (TPSA) is 35.6 Å². The quantitative estimate of drug-likeness (QED) is 0.824. The highest BCUT2D eigenvalue weighted by Crippen LogP contribution is 2.21. The molecule has 5 heteroatoms. The minimum Gasteiger partial charge on any atom is -0.369 e. The first-order chi connectivity index (χ1) is 12.1. The number of amides is 1. The molecule has 0 aromatic heterocycles. The summed E-state index contributed by atoms with van der Waals surface area (Å²) in [5, 5.41) is 2.97. The maximum Gasteiger partial charge on any atom is 0.225 e. The predicted molar refractivity (Wildman–Crippen MR) is 107 cm³/mol. The van der Waals surface area contributed by atoms with Crippen molar-refractivity contribution in [2.24, 2.45) is 0 Å². The van der Waals surface area contributed by atoms with Gasteiger partial charge >= 0.3 is 0 Å². The van der Waals surface area contributed by atoms with Gasteiger partial charge in [-0.15, -0.1) is 0 Å². The van der Waals surface area contributed by atoms with Crippen molar-refractivity contribution in [3.63, 3.8) is 0 Å². The molecule has 2 aromatic rings. The smallest absolute Gasteiger partial charge is 0.225 e. The summed E-state index contributed by atoms with van der Waals surface area (Å²) in [7, 11) is 0. The Balaban J connectivity index is 1.43. The van der Waals surface area contributed by atoms with Crippen molar-refractivity contribution in [2.45, 2.75) is 13.3 Å². The zero-order valence-electron chi connectivity index (χ0n) is 14.5. The van der Waals surface area contributed by atoms with Gasteiger partial charge in [-0.25, -0.2) is 0 Å². The van der Waals surface area contributed by atoms with Crippen molar-refractivity contribution in [2.75, 3.05) is 42.9 Å². The van der Waals surface area contributed by atoms with E-state index >= 15 is 0 Å². The van der Waals surface area contributed by atoms with E-state index in [2.05, 4.69) is 62.2 Å². The molecule has 1 amide bonds. The molecule has 3 rings (SSSR count). The van der Waals surface area contributed by atoms with E-state index in [1.54, 1.807) is 0 Å². The number of carbonyl (C=O) groups is 1. The molecular weight excluding hydrogens is 378 g/mol. The number of nitrogens with one attached hydrogen (secondary N) is 1. The van der Waals surface area contributed by atoms with Crippen LogP contribution in [-0.4, -0.2) is 43.5 Å². The molecule has 1 saturated heterocycles. The Morgan fingerprint density at radius 2 is 1.84 bits per heavy atom. The third-order valence-corrected chi connectivity index (χ3v) is 5.23. The molecule has 0 aliphatic carbocycles. The average molecular weight is 402 g/mol. The fraction of sp³-hybridized carbons (Fsp3) is 0.350. The number of hydrogen-bond acceptors (Lipinski definition) is 3. The summed E-state index contributed by atoms with van der Waals surface area (Å²) in [6, 6.07) is 16.3. The first-order valence-corrected chi connectivity index (χ1v) is 9.49. The summed E-state index contributed by atoms with van der Waals surface area (Å²) in [6.45, 7) is 6.94. The SMILES string of the molecule is Cc1cccc(N2CCN(CCC(=O)Nc3ccccc3Br)CC2)c1. The molecule has 2 aromatic carbocycles. The van der Waals surface area contributed by atoms with Crippen LogP contribution in [0.3, 0.4) is 0 Å². The second-order valence-corrected chi connectivity index (χ2v) is 7.30. The summed E-state index contributed by atoms with van der Waals surface area (Å²) in [6.07, 6.45) is 0.520. The van der Waals surface area contributed by atoms with Crippen LogP contribution >= 0.6 is 15.9 Å². The van der Waals surface area contributed by atoms with Gasteiger partial charge in [0.2, 0.25) is 5.91 Å². The second kappa shape index (κ2) is 8.50. The third-order valence-electron chi connectivity index (χ3n) is 4.54. The Morgan fingerprint density at radius 1 is 1.08 bits per heavy atom. The van der Waals surface area contributed by atoms with Gasteiger partial charge in [0.25, 0.3) is 0 Å². The largest absolute Gasteiger partial charge is 0.369 e. The lowest BCUT2D eigenvalue weighted by Crippen LogP contribution is -2.47. The van der Waals surface area contributed by atoms with Crippen molar-refractivity contribution in [3.8, 4) is 0 Å². The number of piperazine rings is 1. The van der Waals surface area contributed by atoms with Crippen LogP contribution in [-0.2, 0) is 4.79 Å². The van der Waals surface area contributed by atoms with Crippen LogP contribution in [0.1, 0.15) is 12.0 Å². The lowest BCUT2D eigenvalue weighted by Gasteiger charge is -2.36. The van der Waals surface area contributed by atoms with Crippen molar-refractivity contribution in [1.29, 1.82) is 0 Å². The number of rotatable bonds is 5. The monoisotopic (exact) mass is 401 g/mol. The lowest BCUT2D eigenvalue weighted by molar-refractivity contribution is -0.116. The molecule has 1 heterocycles. The number of para-hydroxylation sites is 1. The van der Waals surface area contributed by atoms with E-state index in [1.807, 2.05) is 24.3 Å². The van der Waals surface area contributed by atoms with Crippen molar-refractivity contribution >= 4 is 33.2 Å². The summed E-state index contributed by atoms with van der Waals surface area (Å²) in [5.41, 5.74) is 3.42. The Labute approximate surface area is 158 Å². The van der Waals surface area contributed by atoms with Crippen LogP contribution in [0.4, 0.5) is 11.4 Å². The Morgan fingerprint density at radius 3 is 2.56 bits per heavy atom. The van der Waals surface area contributed by atoms with Crippen molar-refractivity contribution in [1.82, 2.24) is 4.90 Å². The number of hydrogen-bond donors (Lipinski definition) is 1. The highest BCUT2D eigenvalue weighted by molar-refractivity contribution is 9.10. The van der Waals surface area contributed by atoms with Crippen LogP contribution in [0.25, 0.3) is 0 Å². The molecule has 1 N–H and O–H groups in total. The molecule has 25 heavy (non-hydrogen) atoms. The van der Waals surface area contributed by atoms with E-state index in [1.165, 1.54) is 11.3 Å². The maximum atomic E-state index is 12.2. The number of halogens is 1. The van der Waals surface area contributed by atoms with Gasteiger partial charge in [0, 0.05) is 49.3 Å². The summed E-state index contributed by atoms with van der Waals surface area (Å²) in [5.74, 6) is 0.0630. The Bertz CT molecular complexity index is 726. The summed E-state index contributed by atoms with van der Waals surface area (Å²) in [4.78, 5) is 16.9. The minimum atomic E-state index is 0.0630. The predicted octanol–water partition coefficient (Wildman–Crippen LogP) is 3.91. The highest BCUT2D eigenvalue weighted by Gasteiger charge is 2.18.